The number of rotatable bonds is 8. The van der Waals surface area contributed by atoms with E-state index in [2.05, 4.69) is 17.3 Å². The van der Waals surface area contributed by atoms with Crippen molar-refractivity contribution in [2.45, 2.75) is 39.3 Å². The summed E-state index contributed by atoms with van der Waals surface area (Å²) in [6.07, 6.45) is 2.25. The number of methoxy groups -OCH3 is 2. The van der Waals surface area contributed by atoms with Crippen LogP contribution in [0.2, 0.25) is 0 Å². The molecule has 0 radical (unpaired) electrons. The molecule has 1 heterocycles. The molecule has 1 N–H and O–H groups in total. The minimum atomic E-state index is 0.379. The van der Waals surface area contributed by atoms with Crippen LogP contribution in [0, 0.1) is 6.92 Å². The van der Waals surface area contributed by atoms with Gasteiger partial charge in [-0.3, -0.25) is 0 Å². The minimum Gasteiger partial charge on any atom is -0.481 e. The summed E-state index contributed by atoms with van der Waals surface area (Å²) in [5.74, 6) is 0.827. The van der Waals surface area contributed by atoms with Gasteiger partial charge in [0.25, 0.3) is 0 Å². The second kappa shape index (κ2) is 7.38. The van der Waals surface area contributed by atoms with Gasteiger partial charge in [0, 0.05) is 26.7 Å². The largest absolute Gasteiger partial charge is 0.481 e. The molecule has 1 rings (SSSR count). The molecule has 0 fully saturated rings. The van der Waals surface area contributed by atoms with E-state index in [0.717, 1.165) is 43.1 Å². The molecule has 5 heteroatoms. The van der Waals surface area contributed by atoms with Gasteiger partial charge in [-0.05, 0) is 13.3 Å². The number of aryl methyl sites for hydroxylation is 2. The summed E-state index contributed by atoms with van der Waals surface area (Å²) in [6.45, 7) is 5.68. The Morgan fingerprint density at radius 1 is 1.39 bits per heavy atom. The van der Waals surface area contributed by atoms with Crippen LogP contribution in [0.4, 0.5) is 0 Å². The first-order valence-corrected chi connectivity index (χ1v) is 6.42. The fraction of sp³-hybridized carbons (Fsp3) is 0.769. The zero-order valence-corrected chi connectivity index (χ0v) is 12.1. The average Bonchev–Trinajstić information content (AvgIpc) is 2.60. The predicted molar refractivity (Wildman–Crippen MR) is 71.9 cm³/mol. The van der Waals surface area contributed by atoms with Crippen LogP contribution < -0.4 is 10.1 Å². The van der Waals surface area contributed by atoms with E-state index < -0.39 is 0 Å². The van der Waals surface area contributed by atoms with Gasteiger partial charge in [-0.2, -0.15) is 5.10 Å². The Morgan fingerprint density at radius 2 is 2.11 bits per heavy atom. The Labute approximate surface area is 109 Å². The van der Waals surface area contributed by atoms with Gasteiger partial charge in [0.2, 0.25) is 5.88 Å². The first-order valence-electron chi connectivity index (χ1n) is 6.42. The highest BCUT2D eigenvalue weighted by Gasteiger charge is 2.15. The van der Waals surface area contributed by atoms with E-state index in [4.69, 9.17) is 9.47 Å². The van der Waals surface area contributed by atoms with E-state index in [1.165, 1.54) is 0 Å². The molecule has 1 aromatic rings. The van der Waals surface area contributed by atoms with Gasteiger partial charge in [0.1, 0.15) is 0 Å². The molecule has 18 heavy (non-hydrogen) atoms. The number of hydrogen-bond donors (Lipinski definition) is 1. The van der Waals surface area contributed by atoms with Crippen LogP contribution in [0.3, 0.4) is 0 Å². The van der Waals surface area contributed by atoms with E-state index in [1.807, 2.05) is 14.0 Å². The number of nitrogens with zero attached hydrogens (tertiary/aromatic N) is 2. The molecule has 1 atom stereocenters. The quantitative estimate of drug-likeness (QED) is 0.767. The summed E-state index contributed by atoms with van der Waals surface area (Å²) in [5.41, 5.74) is 2.13. The van der Waals surface area contributed by atoms with Crippen molar-refractivity contribution < 1.29 is 9.47 Å². The summed E-state index contributed by atoms with van der Waals surface area (Å²) < 4.78 is 12.4. The molecule has 0 aromatic carbocycles. The molecular formula is C13H25N3O2. The third-order valence-electron chi connectivity index (χ3n) is 3.05. The molecule has 1 unspecified atom stereocenters. The molecule has 0 saturated carbocycles. The topological polar surface area (TPSA) is 48.3 Å². The third kappa shape index (κ3) is 3.71. The van der Waals surface area contributed by atoms with E-state index >= 15 is 0 Å². The van der Waals surface area contributed by atoms with Gasteiger partial charge in [-0.25, -0.2) is 4.68 Å². The average molecular weight is 255 g/mol. The van der Waals surface area contributed by atoms with Gasteiger partial charge >= 0.3 is 0 Å². The smallest absolute Gasteiger partial charge is 0.216 e. The number of nitrogens with one attached hydrogen (secondary N) is 1. The number of ether oxygens (including phenoxy) is 2. The summed E-state index contributed by atoms with van der Waals surface area (Å²) in [6, 6.07) is 0.379. The maximum Gasteiger partial charge on any atom is 0.216 e. The third-order valence-corrected chi connectivity index (χ3v) is 3.05. The highest BCUT2D eigenvalue weighted by Crippen LogP contribution is 2.20. The van der Waals surface area contributed by atoms with E-state index in [0.29, 0.717) is 6.04 Å². The molecular weight excluding hydrogens is 230 g/mol. The first-order chi connectivity index (χ1) is 8.63. The lowest BCUT2D eigenvalue weighted by Crippen LogP contribution is -2.32. The molecule has 5 nitrogen and oxygen atoms in total. The second-order valence-electron chi connectivity index (χ2n) is 4.52. The second-order valence-corrected chi connectivity index (χ2v) is 4.52. The highest BCUT2D eigenvalue weighted by atomic mass is 16.5. The monoisotopic (exact) mass is 255 g/mol. The van der Waals surface area contributed by atoms with E-state index in [1.54, 1.807) is 18.9 Å². The SMILES string of the molecule is CCCC(COC)NCc1c(C)nn(C)c1OC. The van der Waals surface area contributed by atoms with Gasteiger partial charge < -0.3 is 14.8 Å². The van der Waals surface area contributed by atoms with Crippen LogP contribution in [0.25, 0.3) is 0 Å². The zero-order chi connectivity index (χ0) is 13.5. The van der Waals surface area contributed by atoms with Gasteiger partial charge in [-0.15, -0.1) is 0 Å². The van der Waals surface area contributed by atoms with Crippen LogP contribution in [0.1, 0.15) is 31.0 Å². The summed E-state index contributed by atoms with van der Waals surface area (Å²) >= 11 is 0. The zero-order valence-electron chi connectivity index (χ0n) is 12.1. The van der Waals surface area contributed by atoms with Crippen molar-refractivity contribution in [2.75, 3.05) is 20.8 Å². The van der Waals surface area contributed by atoms with Crippen molar-refractivity contribution in [2.24, 2.45) is 7.05 Å². The minimum absolute atomic E-state index is 0.379. The summed E-state index contributed by atoms with van der Waals surface area (Å²) in [4.78, 5) is 0. The summed E-state index contributed by atoms with van der Waals surface area (Å²) in [7, 11) is 5.31. The molecule has 0 aliphatic heterocycles. The Hall–Kier alpha value is -1.07. The van der Waals surface area contributed by atoms with Crippen LogP contribution in [-0.2, 0) is 18.3 Å². The van der Waals surface area contributed by atoms with Gasteiger partial charge in [0.15, 0.2) is 0 Å². The van der Waals surface area contributed by atoms with E-state index in [-0.39, 0.29) is 0 Å². The van der Waals surface area contributed by atoms with E-state index in [9.17, 15) is 0 Å². The van der Waals surface area contributed by atoms with Gasteiger partial charge in [-0.1, -0.05) is 13.3 Å². The van der Waals surface area contributed by atoms with Crippen molar-refractivity contribution in [3.63, 3.8) is 0 Å². The first kappa shape index (κ1) is 15.0. The molecule has 0 bridgehead atoms. The Bertz CT molecular complexity index is 357. The molecule has 0 aliphatic carbocycles. The maximum absolute atomic E-state index is 5.38. The summed E-state index contributed by atoms with van der Waals surface area (Å²) in [5, 5.41) is 7.88. The van der Waals surface area contributed by atoms with Gasteiger partial charge in [0.05, 0.1) is 25.0 Å². The van der Waals surface area contributed by atoms with Crippen molar-refractivity contribution in [1.29, 1.82) is 0 Å². The van der Waals surface area contributed by atoms with Crippen LogP contribution in [0.15, 0.2) is 0 Å². The molecule has 104 valence electrons. The van der Waals surface area contributed by atoms with Crippen LogP contribution >= 0.6 is 0 Å². The molecule has 0 spiro atoms. The lowest BCUT2D eigenvalue weighted by atomic mass is 10.1. The molecule has 0 saturated heterocycles. The van der Waals surface area contributed by atoms with Crippen molar-refractivity contribution in [3.05, 3.63) is 11.3 Å². The van der Waals surface area contributed by atoms with Crippen LogP contribution in [0.5, 0.6) is 5.88 Å². The van der Waals surface area contributed by atoms with Crippen molar-refractivity contribution in [3.8, 4) is 5.88 Å². The number of aromatic nitrogens is 2. The normalized spacial score (nSPS) is 12.7. The molecule has 1 aromatic heterocycles. The lowest BCUT2D eigenvalue weighted by Gasteiger charge is -2.17. The maximum atomic E-state index is 5.38. The standard InChI is InChI=1S/C13H25N3O2/c1-6-7-11(9-17-4)14-8-12-10(2)15-16(3)13(12)18-5/h11,14H,6-9H2,1-5H3. The fourth-order valence-corrected chi connectivity index (χ4v) is 2.18. The molecule has 0 aliphatic rings. The Balaban J connectivity index is 2.66. The van der Waals surface area contributed by atoms with Crippen molar-refractivity contribution in [1.82, 2.24) is 15.1 Å². The highest BCUT2D eigenvalue weighted by molar-refractivity contribution is 5.30. The van der Waals surface area contributed by atoms with Crippen LogP contribution in [-0.4, -0.2) is 36.6 Å². The predicted octanol–water partition coefficient (Wildman–Crippen LogP) is 1.64. The Morgan fingerprint density at radius 3 is 2.67 bits per heavy atom. The Kier molecular flexibility index (Phi) is 6.15. The van der Waals surface area contributed by atoms with Crippen molar-refractivity contribution >= 4 is 0 Å². The fourth-order valence-electron chi connectivity index (χ4n) is 2.18. The number of hydrogen-bond acceptors (Lipinski definition) is 4. The molecule has 0 amide bonds. The lowest BCUT2D eigenvalue weighted by molar-refractivity contribution is 0.161.